The van der Waals surface area contributed by atoms with Gasteiger partial charge in [0.25, 0.3) is 0 Å². The van der Waals surface area contributed by atoms with Crippen molar-refractivity contribution in [1.82, 2.24) is 0 Å². The lowest BCUT2D eigenvalue weighted by Crippen LogP contribution is -1.91. The van der Waals surface area contributed by atoms with E-state index in [9.17, 15) is 9.50 Å². The van der Waals surface area contributed by atoms with Crippen LogP contribution in [0.4, 0.5) is 4.39 Å². The summed E-state index contributed by atoms with van der Waals surface area (Å²) < 4.78 is 11.6. The molecule has 0 aromatic carbocycles. The Morgan fingerprint density at radius 2 is 2.17 bits per heavy atom. The third kappa shape index (κ3) is 0.502. The van der Waals surface area contributed by atoms with E-state index in [1.54, 1.807) is 0 Å². The summed E-state index contributed by atoms with van der Waals surface area (Å²) in [5, 5.41) is 7.91. The number of hydrogen-bond donors (Lipinski definition) is 0. The van der Waals surface area contributed by atoms with Gasteiger partial charge in [-0.2, -0.15) is 0 Å². The Balaban J connectivity index is 2.41. The zero-order valence-electron chi connectivity index (χ0n) is 2.95. The molecule has 1 radical (unpaired) electrons. The van der Waals surface area contributed by atoms with E-state index in [2.05, 4.69) is 0 Å². The standard InChI is InChI=1S/C3H3ClFO/c4-3(5)1-2(3)6/h2H,1H2. The monoisotopic (exact) mass is 109 g/mol. The quantitative estimate of drug-likeness (QED) is 0.415. The summed E-state index contributed by atoms with van der Waals surface area (Å²) in [5.74, 6) is 0. The van der Waals surface area contributed by atoms with Gasteiger partial charge in [0.05, 0.1) is 0 Å². The van der Waals surface area contributed by atoms with Crippen molar-refractivity contribution >= 4 is 11.6 Å². The Hall–Kier alpha value is 0.180. The maximum atomic E-state index is 11.6. The highest BCUT2D eigenvalue weighted by molar-refractivity contribution is 6.25. The van der Waals surface area contributed by atoms with Crippen molar-refractivity contribution in [3.8, 4) is 0 Å². The van der Waals surface area contributed by atoms with E-state index in [1.165, 1.54) is 0 Å². The van der Waals surface area contributed by atoms with Crippen LogP contribution in [0.25, 0.3) is 0 Å². The zero-order valence-corrected chi connectivity index (χ0v) is 3.70. The molecule has 1 nitrogen and oxygen atoms in total. The van der Waals surface area contributed by atoms with E-state index in [0.29, 0.717) is 0 Å². The molecule has 0 N–H and O–H groups in total. The minimum Gasteiger partial charge on any atom is -0.228 e. The van der Waals surface area contributed by atoms with E-state index in [4.69, 9.17) is 11.6 Å². The molecule has 1 saturated carbocycles. The van der Waals surface area contributed by atoms with Crippen LogP contribution in [0.5, 0.6) is 0 Å². The molecule has 3 heteroatoms. The highest BCUT2D eigenvalue weighted by Gasteiger charge is 2.55. The molecular weight excluding hydrogens is 106 g/mol. The fourth-order valence-electron chi connectivity index (χ4n) is 0.188. The summed E-state index contributed by atoms with van der Waals surface area (Å²) in [6.45, 7) is 0. The molecule has 0 saturated heterocycles. The Morgan fingerprint density at radius 3 is 2.17 bits per heavy atom. The first-order chi connectivity index (χ1) is 2.63. The van der Waals surface area contributed by atoms with E-state index >= 15 is 0 Å². The van der Waals surface area contributed by atoms with Crippen molar-refractivity contribution in [1.29, 1.82) is 0 Å². The lowest BCUT2D eigenvalue weighted by Gasteiger charge is -1.81. The molecule has 0 aromatic rings. The lowest BCUT2D eigenvalue weighted by atomic mass is 10.8. The highest BCUT2D eigenvalue weighted by Crippen LogP contribution is 2.44. The summed E-state index contributed by atoms with van der Waals surface area (Å²) in [5.41, 5.74) is 0. The van der Waals surface area contributed by atoms with Gasteiger partial charge in [-0.3, -0.25) is 0 Å². The second-order valence-corrected chi connectivity index (χ2v) is 2.08. The van der Waals surface area contributed by atoms with Crippen LogP contribution in [0.1, 0.15) is 6.42 Å². The fraction of sp³-hybridized carbons (Fsp3) is 1.00. The molecule has 0 aromatic heterocycles. The van der Waals surface area contributed by atoms with Gasteiger partial charge in [0, 0.05) is 6.42 Å². The SMILES string of the molecule is [O]C1CC1(F)Cl. The predicted octanol–water partition coefficient (Wildman–Crippen LogP) is 1.09. The molecule has 0 bridgehead atoms. The smallest absolute Gasteiger partial charge is 0.215 e. The van der Waals surface area contributed by atoms with Gasteiger partial charge in [0.15, 0.2) is 0 Å². The average Bonchev–Trinajstić information content (AvgIpc) is 1.73. The van der Waals surface area contributed by atoms with Gasteiger partial charge in [0.2, 0.25) is 5.13 Å². The second-order valence-electron chi connectivity index (χ2n) is 1.45. The molecule has 1 aliphatic rings. The maximum absolute atomic E-state index is 11.6. The van der Waals surface area contributed by atoms with E-state index in [0.717, 1.165) is 0 Å². The number of hydrogen-bond acceptors (Lipinski definition) is 0. The molecule has 0 heterocycles. The topological polar surface area (TPSA) is 19.9 Å². The van der Waals surface area contributed by atoms with Gasteiger partial charge in [-0.1, -0.05) is 11.6 Å². The molecule has 1 rings (SSSR count). The molecule has 0 amide bonds. The summed E-state index contributed by atoms with van der Waals surface area (Å²) in [6.07, 6.45) is -1.17. The van der Waals surface area contributed by atoms with Crippen LogP contribution in [0, 0.1) is 0 Å². The van der Waals surface area contributed by atoms with E-state index in [-0.39, 0.29) is 6.42 Å². The summed E-state index contributed by atoms with van der Waals surface area (Å²) in [7, 11) is 0. The largest absolute Gasteiger partial charge is 0.228 e. The first-order valence-corrected chi connectivity index (χ1v) is 2.04. The van der Waals surface area contributed by atoms with Crippen LogP contribution >= 0.6 is 11.6 Å². The lowest BCUT2D eigenvalue weighted by molar-refractivity contribution is 0.139. The Labute approximate surface area is 39.7 Å². The molecule has 2 atom stereocenters. The minimum atomic E-state index is -1.88. The van der Waals surface area contributed by atoms with Crippen LogP contribution in [-0.2, 0) is 5.11 Å². The van der Waals surface area contributed by atoms with Gasteiger partial charge < -0.3 is 0 Å². The fourth-order valence-corrected chi connectivity index (χ4v) is 0.328. The number of rotatable bonds is 0. The number of halogens is 2. The van der Waals surface area contributed by atoms with Crippen LogP contribution < -0.4 is 0 Å². The molecule has 6 heavy (non-hydrogen) atoms. The molecule has 0 spiro atoms. The summed E-state index contributed by atoms with van der Waals surface area (Å²) in [6, 6.07) is 0. The van der Waals surface area contributed by atoms with Crippen molar-refractivity contribution in [2.45, 2.75) is 17.7 Å². The van der Waals surface area contributed by atoms with Crippen LogP contribution in [0.3, 0.4) is 0 Å². The average molecular weight is 110 g/mol. The first kappa shape index (κ1) is 4.34. The Kier molecular flexibility index (Phi) is 0.632. The van der Waals surface area contributed by atoms with E-state index in [1.807, 2.05) is 0 Å². The van der Waals surface area contributed by atoms with Crippen molar-refractivity contribution in [2.24, 2.45) is 0 Å². The Morgan fingerprint density at radius 1 is 2.00 bits per heavy atom. The van der Waals surface area contributed by atoms with Crippen molar-refractivity contribution in [2.75, 3.05) is 0 Å². The van der Waals surface area contributed by atoms with Crippen molar-refractivity contribution in [3.63, 3.8) is 0 Å². The molecule has 1 aliphatic carbocycles. The predicted molar refractivity (Wildman–Crippen MR) is 18.8 cm³/mol. The molecule has 1 fully saturated rings. The molecular formula is C3H3ClFO. The third-order valence-electron chi connectivity index (χ3n) is 0.768. The minimum absolute atomic E-state index is 0.0193. The van der Waals surface area contributed by atoms with Gasteiger partial charge in [0.1, 0.15) is 6.10 Å². The molecule has 35 valence electrons. The zero-order chi connectivity index (χ0) is 4.78. The summed E-state index contributed by atoms with van der Waals surface area (Å²) >= 11 is 4.81. The molecule has 0 aliphatic heterocycles. The molecule has 2 unspecified atom stereocenters. The van der Waals surface area contributed by atoms with E-state index < -0.39 is 11.2 Å². The maximum Gasteiger partial charge on any atom is 0.215 e. The van der Waals surface area contributed by atoms with Crippen LogP contribution in [0.2, 0.25) is 0 Å². The van der Waals surface area contributed by atoms with Gasteiger partial charge >= 0.3 is 0 Å². The Bertz CT molecular complexity index is 73.2. The number of alkyl halides is 2. The van der Waals surface area contributed by atoms with Crippen LogP contribution in [0.15, 0.2) is 0 Å². The normalized spacial score (nSPS) is 55.5. The first-order valence-electron chi connectivity index (χ1n) is 1.66. The van der Waals surface area contributed by atoms with Crippen LogP contribution in [-0.4, -0.2) is 11.2 Å². The second kappa shape index (κ2) is 0.873. The van der Waals surface area contributed by atoms with Crippen molar-refractivity contribution < 1.29 is 9.50 Å². The van der Waals surface area contributed by atoms with Gasteiger partial charge in [-0.15, -0.1) is 0 Å². The third-order valence-corrected chi connectivity index (χ3v) is 1.17. The highest BCUT2D eigenvalue weighted by atomic mass is 35.5. The van der Waals surface area contributed by atoms with Crippen molar-refractivity contribution in [3.05, 3.63) is 0 Å². The summed E-state index contributed by atoms with van der Waals surface area (Å²) in [4.78, 5) is 0. The van der Waals surface area contributed by atoms with Gasteiger partial charge in [-0.05, 0) is 0 Å². The van der Waals surface area contributed by atoms with Gasteiger partial charge in [-0.25, -0.2) is 9.50 Å².